The molecule has 0 saturated carbocycles. The number of anilines is 6. The molecule has 0 heterocycles. The first-order chi connectivity index (χ1) is 36.8. The van der Waals surface area contributed by atoms with Gasteiger partial charge in [0.05, 0.1) is 22.7 Å². The molecule has 0 bridgehead atoms. The summed E-state index contributed by atoms with van der Waals surface area (Å²) in [6.07, 6.45) is 0. The lowest BCUT2D eigenvalue weighted by Crippen LogP contribution is -2.19. The fraction of sp³-hybridized carbons (Fsp3) is 0.0685. The maximum atomic E-state index is 2.57. The van der Waals surface area contributed by atoms with E-state index in [0.29, 0.717) is 0 Å². The molecule has 1 aliphatic rings. The molecule has 0 amide bonds. The normalized spacial score (nSPS) is 12.9. The second kappa shape index (κ2) is 16.4. The molecule has 75 heavy (non-hydrogen) atoms. The average molecular weight is 957 g/mol. The van der Waals surface area contributed by atoms with Crippen molar-refractivity contribution >= 4 is 120 Å². The summed E-state index contributed by atoms with van der Waals surface area (Å²) in [7, 11) is 0. The van der Waals surface area contributed by atoms with Gasteiger partial charge in [-0.05, 0) is 160 Å². The largest absolute Gasteiger partial charge is 0.309 e. The van der Waals surface area contributed by atoms with E-state index < -0.39 is 0 Å². The molecule has 15 rings (SSSR count). The molecule has 0 saturated heterocycles. The van der Waals surface area contributed by atoms with Crippen LogP contribution in [0, 0.1) is 13.8 Å². The fourth-order valence-electron chi connectivity index (χ4n) is 13.2. The molecule has 0 unspecified atom stereocenters. The van der Waals surface area contributed by atoms with Gasteiger partial charge in [-0.3, -0.25) is 0 Å². The van der Waals surface area contributed by atoms with Crippen molar-refractivity contribution in [3.63, 3.8) is 0 Å². The summed E-state index contributed by atoms with van der Waals surface area (Å²) in [5.41, 5.74) is 14.4. The molecule has 14 aromatic rings. The molecule has 14 aromatic carbocycles. The molecular formula is C73H52N2. The molecule has 0 N–H and O–H groups in total. The zero-order valence-corrected chi connectivity index (χ0v) is 42.5. The number of nitrogens with zero attached hydrogens (tertiary/aromatic N) is 2. The van der Waals surface area contributed by atoms with Crippen molar-refractivity contribution in [1.82, 2.24) is 0 Å². The lowest BCUT2D eigenvalue weighted by Gasteiger charge is -2.32. The van der Waals surface area contributed by atoms with Gasteiger partial charge in [0, 0.05) is 38.3 Å². The van der Waals surface area contributed by atoms with E-state index in [1.54, 1.807) is 0 Å². The summed E-state index contributed by atoms with van der Waals surface area (Å²) in [5, 5.41) is 19.9. The van der Waals surface area contributed by atoms with Crippen LogP contribution in [0.15, 0.2) is 243 Å². The Balaban J connectivity index is 0.956. The molecule has 0 spiro atoms. The minimum Gasteiger partial charge on any atom is -0.309 e. The monoisotopic (exact) mass is 956 g/mol. The predicted octanol–water partition coefficient (Wildman–Crippen LogP) is 20.8. The van der Waals surface area contributed by atoms with Crippen molar-refractivity contribution in [2.24, 2.45) is 0 Å². The van der Waals surface area contributed by atoms with Crippen molar-refractivity contribution in [2.75, 3.05) is 9.80 Å². The van der Waals surface area contributed by atoms with Gasteiger partial charge in [-0.15, -0.1) is 0 Å². The van der Waals surface area contributed by atoms with Gasteiger partial charge in [-0.2, -0.15) is 0 Å². The van der Waals surface area contributed by atoms with Crippen LogP contribution in [-0.4, -0.2) is 0 Å². The Labute approximate surface area is 437 Å². The molecule has 0 atom stereocenters. The van der Waals surface area contributed by atoms with Crippen LogP contribution in [0.4, 0.5) is 34.1 Å². The summed E-state index contributed by atoms with van der Waals surface area (Å²) in [6.45, 7) is 9.50. The van der Waals surface area contributed by atoms with Crippen LogP contribution in [0.2, 0.25) is 0 Å². The second-order valence-corrected chi connectivity index (χ2v) is 21.3. The minimum atomic E-state index is -0.346. The van der Waals surface area contributed by atoms with Crippen LogP contribution in [-0.2, 0) is 5.41 Å². The number of benzene rings is 14. The van der Waals surface area contributed by atoms with Crippen LogP contribution in [0.3, 0.4) is 0 Å². The second-order valence-electron chi connectivity index (χ2n) is 21.3. The Morgan fingerprint density at radius 1 is 0.240 bits per heavy atom. The topological polar surface area (TPSA) is 6.48 Å². The molecule has 0 aromatic heterocycles. The highest BCUT2D eigenvalue weighted by atomic mass is 15.2. The van der Waals surface area contributed by atoms with Crippen molar-refractivity contribution in [3.8, 4) is 11.1 Å². The minimum absolute atomic E-state index is 0.346. The number of hydrogen-bond donors (Lipinski definition) is 0. The van der Waals surface area contributed by atoms with Crippen LogP contribution in [0.5, 0.6) is 0 Å². The van der Waals surface area contributed by atoms with E-state index >= 15 is 0 Å². The van der Waals surface area contributed by atoms with E-state index in [0.717, 1.165) is 22.7 Å². The Kier molecular flexibility index (Phi) is 9.47. The van der Waals surface area contributed by atoms with Gasteiger partial charge < -0.3 is 9.80 Å². The summed E-state index contributed by atoms with van der Waals surface area (Å²) in [6, 6.07) is 91.0. The van der Waals surface area contributed by atoms with Crippen molar-refractivity contribution in [1.29, 1.82) is 0 Å². The van der Waals surface area contributed by atoms with Crippen LogP contribution >= 0.6 is 0 Å². The number of fused-ring (bicyclic) bond motifs is 15. The van der Waals surface area contributed by atoms with Gasteiger partial charge in [0.2, 0.25) is 0 Å². The van der Waals surface area contributed by atoms with E-state index in [2.05, 4.69) is 280 Å². The zero-order chi connectivity index (χ0) is 50.1. The smallest absolute Gasteiger partial charge is 0.0540 e. The molecule has 2 heteroatoms. The van der Waals surface area contributed by atoms with Crippen molar-refractivity contribution in [3.05, 3.63) is 265 Å². The first-order valence-electron chi connectivity index (χ1n) is 26.3. The summed E-state index contributed by atoms with van der Waals surface area (Å²) in [5.74, 6) is 0. The van der Waals surface area contributed by atoms with E-state index in [1.165, 1.54) is 131 Å². The van der Waals surface area contributed by atoms with Crippen molar-refractivity contribution < 1.29 is 0 Å². The highest BCUT2D eigenvalue weighted by molar-refractivity contribution is 6.19. The van der Waals surface area contributed by atoms with Crippen LogP contribution in [0.1, 0.15) is 36.1 Å². The summed E-state index contributed by atoms with van der Waals surface area (Å²) in [4.78, 5) is 5.13. The quantitative estimate of drug-likeness (QED) is 0.153. The highest BCUT2D eigenvalue weighted by Gasteiger charge is 2.38. The lowest BCUT2D eigenvalue weighted by atomic mass is 9.81. The fourth-order valence-corrected chi connectivity index (χ4v) is 13.2. The van der Waals surface area contributed by atoms with E-state index in [1.807, 2.05) is 0 Å². The Hall–Kier alpha value is -9.24. The Morgan fingerprint density at radius 2 is 0.507 bits per heavy atom. The standard InChI is InChI=1S/C73H52N2/c1-45-41-63-64-42-46(2)72(75(69-31-15-27-57-53-23-11-7-19-49(53)35-39-61(57)69)70-32-16-28-58-54-24-12-8-20-50(54)36-40-62(58)70)44-66(64)73(3,4)65(63)43-71(45)74(67-29-13-25-55-51-21-9-5-17-47(51)33-37-59(55)67)68-30-14-26-56-52-22-10-6-18-48(52)34-38-60(56)68/h5-44H,1-4H3. The third kappa shape index (κ3) is 6.46. The first kappa shape index (κ1) is 43.4. The van der Waals surface area contributed by atoms with E-state index in [9.17, 15) is 0 Å². The van der Waals surface area contributed by atoms with Gasteiger partial charge >= 0.3 is 0 Å². The molecule has 0 fully saturated rings. The molecule has 2 nitrogen and oxygen atoms in total. The SMILES string of the molecule is Cc1cc2c(cc1N(c1cccc3c1ccc1ccccc13)c1cccc3c1ccc1ccccc13)C(C)(C)c1cc(N(c3cccc4c3ccc3ccccc34)c3cccc4c3ccc3ccccc34)c(C)cc1-2. The number of rotatable bonds is 6. The van der Waals surface area contributed by atoms with Crippen molar-refractivity contribution in [2.45, 2.75) is 33.1 Å². The maximum Gasteiger partial charge on any atom is 0.0540 e. The first-order valence-corrected chi connectivity index (χ1v) is 26.3. The number of aryl methyl sites for hydroxylation is 2. The zero-order valence-electron chi connectivity index (χ0n) is 42.5. The maximum absolute atomic E-state index is 2.57. The molecule has 354 valence electrons. The molecule has 1 aliphatic carbocycles. The van der Waals surface area contributed by atoms with Crippen LogP contribution in [0.25, 0.3) is 97.3 Å². The van der Waals surface area contributed by atoms with Gasteiger partial charge in [0.25, 0.3) is 0 Å². The van der Waals surface area contributed by atoms with Crippen LogP contribution < -0.4 is 9.80 Å². The lowest BCUT2D eigenvalue weighted by molar-refractivity contribution is 0.660. The van der Waals surface area contributed by atoms with E-state index in [-0.39, 0.29) is 5.41 Å². The number of hydrogen-bond acceptors (Lipinski definition) is 2. The van der Waals surface area contributed by atoms with Gasteiger partial charge in [0.15, 0.2) is 0 Å². The third-order valence-corrected chi connectivity index (χ3v) is 16.8. The molecule has 0 radical (unpaired) electrons. The van der Waals surface area contributed by atoms with E-state index in [4.69, 9.17) is 0 Å². The molecular weight excluding hydrogens is 905 g/mol. The Bertz CT molecular complexity index is 4190. The predicted molar refractivity (Wildman–Crippen MR) is 323 cm³/mol. The summed E-state index contributed by atoms with van der Waals surface area (Å²) >= 11 is 0. The van der Waals surface area contributed by atoms with Gasteiger partial charge in [-0.1, -0.05) is 208 Å². The average Bonchev–Trinajstić information content (AvgIpc) is 3.69. The third-order valence-electron chi connectivity index (χ3n) is 16.8. The van der Waals surface area contributed by atoms with Gasteiger partial charge in [0.1, 0.15) is 0 Å². The highest BCUT2D eigenvalue weighted by Crippen LogP contribution is 2.56. The Morgan fingerprint density at radius 3 is 0.800 bits per heavy atom. The summed E-state index contributed by atoms with van der Waals surface area (Å²) < 4.78 is 0. The van der Waals surface area contributed by atoms with Gasteiger partial charge in [-0.25, -0.2) is 0 Å². The molecule has 0 aliphatic heterocycles.